The number of aryl methyl sites for hydroxylation is 1. The molecule has 0 spiro atoms. The highest BCUT2D eigenvalue weighted by molar-refractivity contribution is 5.00. The van der Waals surface area contributed by atoms with Gasteiger partial charge in [-0.15, -0.1) is 0 Å². The molecule has 1 unspecified atom stereocenters. The van der Waals surface area contributed by atoms with E-state index in [1.54, 1.807) is 6.20 Å². The molecular weight excluding hydrogens is 202 g/mol. The molecular formula is C11H17N5. The number of hydrogen-bond donors (Lipinski definition) is 2. The summed E-state index contributed by atoms with van der Waals surface area (Å²) < 4.78 is 2.13. The first-order valence-electron chi connectivity index (χ1n) is 5.53. The Labute approximate surface area is 94.9 Å². The van der Waals surface area contributed by atoms with Crippen molar-refractivity contribution in [1.82, 2.24) is 24.8 Å². The van der Waals surface area contributed by atoms with E-state index in [0.717, 1.165) is 18.9 Å². The van der Waals surface area contributed by atoms with E-state index in [4.69, 9.17) is 0 Å². The van der Waals surface area contributed by atoms with Crippen LogP contribution < -0.4 is 5.32 Å². The summed E-state index contributed by atoms with van der Waals surface area (Å²) in [5.41, 5.74) is 1.20. The molecule has 0 saturated carbocycles. The van der Waals surface area contributed by atoms with Crippen LogP contribution in [-0.2, 0) is 13.1 Å². The molecule has 86 valence electrons. The molecule has 0 bridgehead atoms. The third kappa shape index (κ3) is 2.30. The van der Waals surface area contributed by atoms with Crippen molar-refractivity contribution in [3.8, 4) is 0 Å². The van der Waals surface area contributed by atoms with E-state index in [1.807, 2.05) is 18.7 Å². The zero-order valence-corrected chi connectivity index (χ0v) is 9.64. The second-order valence-electron chi connectivity index (χ2n) is 3.75. The Morgan fingerprint density at radius 3 is 3.12 bits per heavy atom. The zero-order valence-electron chi connectivity index (χ0n) is 9.64. The first-order valence-corrected chi connectivity index (χ1v) is 5.53. The lowest BCUT2D eigenvalue weighted by Crippen LogP contribution is -2.20. The van der Waals surface area contributed by atoms with Crippen molar-refractivity contribution < 1.29 is 0 Å². The van der Waals surface area contributed by atoms with Crippen LogP contribution in [0.1, 0.15) is 31.4 Å². The van der Waals surface area contributed by atoms with E-state index >= 15 is 0 Å². The molecule has 2 rings (SSSR count). The molecule has 2 aromatic rings. The van der Waals surface area contributed by atoms with Gasteiger partial charge in [-0.05, 0) is 13.8 Å². The third-order valence-corrected chi connectivity index (χ3v) is 2.66. The number of aromatic nitrogens is 4. The minimum Gasteiger partial charge on any atom is -0.347 e. The van der Waals surface area contributed by atoms with Gasteiger partial charge in [-0.3, -0.25) is 0 Å². The van der Waals surface area contributed by atoms with E-state index in [1.165, 1.54) is 5.69 Å². The maximum atomic E-state index is 4.22. The van der Waals surface area contributed by atoms with Crippen LogP contribution in [0.25, 0.3) is 0 Å². The Morgan fingerprint density at radius 2 is 2.44 bits per heavy atom. The highest BCUT2D eigenvalue weighted by Crippen LogP contribution is 2.07. The Kier molecular flexibility index (Phi) is 3.36. The Morgan fingerprint density at radius 1 is 1.56 bits per heavy atom. The molecule has 0 aliphatic rings. The molecule has 0 fully saturated rings. The normalized spacial score (nSPS) is 12.9. The molecule has 0 amide bonds. The van der Waals surface area contributed by atoms with Gasteiger partial charge in [0, 0.05) is 31.7 Å². The summed E-state index contributed by atoms with van der Waals surface area (Å²) in [6.45, 7) is 5.95. The predicted octanol–water partition coefficient (Wildman–Crippen LogP) is 1.48. The molecule has 0 aliphatic carbocycles. The fourth-order valence-electron chi connectivity index (χ4n) is 1.65. The molecule has 16 heavy (non-hydrogen) atoms. The van der Waals surface area contributed by atoms with Crippen LogP contribution in [0, 0.1) is 0 Å². The quantitative estimate of drug-likeness (QED) is 0.800. The number of aromatic amines is 1. The minimum atomic E-state index is 0.218. The highest BCUT2D eigenvalue weighted by Gasteiger charge is 2.07. The Balaban J connectivity index is 1.92. The van der Waals surface area contributed by atoms with Gasteiger partial charge in [0.2, 0.25) is 0 Å². The fourth-order valence-corrected chi connectivity index (χ4v) is 1.65. The molecule has 2 N–H and O–H groups in total. The minimum absolute atomic E-state index is 0.218. The third-order valence-electron chi connectivity index (χ3n) is 2.66. The molecule has 0 aliphatic heterocycles. The highest BCUT2D eigenvalue weighted by atomic mass is 15.1. The van der Waals surface area contributed by atoms with Gasteiger partial charge in [0.25, 0.3) is 0 Å². The van der Waals surface area contributed by atoms with Crippen molar-refractivity contribution in [3.05, 3.63) is 36.4 Å². The summed E-state index contributed by atoms with van der Waals surface area (Å²) in [5.74, 6) is 0.961. The standard InChI is InChI=1S/C11H17N5/c1-3-16-8-12-6-10(16)7-15-9(2)11-13-4-5-14-11/h4-6,8-9,15H,3,7H2,1-2H3,(H,13,14). The predicted molar refractivity (Wildman–Crippen MR) is 61.7 cm³/mol. The summed E-state index contributed by atoms with van der Waals surface area (Å²) in [4.78, 5) is 11.5. The van der Waals surface area contributed by atoms with Crippen molar-refractivity contribution in [1.29, 1.82) is 0 Å². The van der Waals surface area contributed by atoms with Gasteiger partial charge < -0.3 is 14.9 Å². The van der Waals surface area contributed by atoms with Gasteiger partial charge in [0.15, 0.2) is 0 Å². The van der Waals surface area contributed by atoms with Gasteiger partial charge in [0.1, 0.15) is 5.82 Å². The molecule has 0 aromatic carbocycles. The van der Waals surface area contributed by atoms with Crippen molar-refractivity contribution in [2.75, 3.05) is 0 Å². The molecule has 1 atom stereocenters. The van der Waals surface area contributed by atoms with Crippen LogP contribution >= 0.6 is 0 Å². The number of hydrogen-bond acceptors (Lipinski definition) is 3. The smallest absolute Gasteiger partial charge is 0.122 e. The molecule has 2 aromatic heterocycles. The van der Waals surface area contributed by atoms with Gasteiger partial charge in [0.05, 0.1) is 18.1 Å². The molecule has 5 nitrogen and oxygen atoms in total. The topological polar surface area (TPSA) is 58.5 Å². The van der Waals surface area contributed by atoms with Crippen molar-refractivity contribution in [2.24, 2.45) is 0 Å². The van der Waals surface area contributed by atoms with Gasteiger partial charge in [-0.25, -0.2) is 9.97 Å². The number of nitrogens with zero attached hydrogens (tertiary/aromatic N) is 3. The Hall–Kier alpha value is -1.62. The van der Waals surface area contributed by atoms with Gasteiger partial charge in [-0.1, -0.05) is 0 Å². The van der Waals surface area contributed by atoms with Crippen molar-refractivity contribution >= 4 is 0 Å². The SMILES string of the molecule is CCn1cncc1CNC(C)c1ncc[nH]1. The number of nitrogens with one attached hydrogen (secondary N) is 2. The van der Waals surface area contributed by atoms with Crippen LogP contribution in [0.4, 0.5) is 0 Å². The summed E-state index contributed by atoms with van der Waals surface area (Å²) in [7, 11) is 0. The summed E-state index contributed by atoms with van der Waals surface area (Å²) in [5, 5.41) is 3.41. The van der Waals surface area contributed by atoms with E-state index in [2.05, 4.69) is 38.7 Å². The van der Waals surface area contributed by atoms with E-state index in [9.17, 15) is 0 Å². The lowest BCUT2D eigenvalue weighted by Gasteiger charge is -2.12. The number of imidazole rings is 2. The lowest BCUT2D eigenvalue weighted by atomic mass is 10.3. The van der Waals surface area contributed by atoms with E-state index in [0.29, 0.717) is 0 Å². The van der Waals surface area contributed by atoms with Crippen LogP contribution in [0.2, 0.25) is 0 Å². The molecule has 2 heterocycles. The van der Waals surface area contributed by atoms with Gasteiger partial charge >= 0.3 is 0 Å². The Bertz CT molecular complexity index is 417. The van der Waals surface area contributed by atoms with E-state index in [-0.39, 0.29) is 6.04 Å². The second-order valence-corrected chi connectivity index (χ2v) is 3.75. The first-order chi connectivity index (χ1) is 7.81. The molecule has 0 radical (unpaired) electrons. The maximum Gasteiger partial charge on any atom is 0.122 e. The number of H-pyrrole nitrogens is 1. The number of rotatable bonds is 5. The van der Waals surface area contributed by atoms with Gasteiger partial charge in [-0.2, -0.15) is 0 Å². The van der Waals surface area contributed by atoms with Crippen LogP contribution in [0.5, 0.6) is 0 Å². The largest absolute Gasteiger partial charge is 0.347 e. The average molecular weight is 219 g/mol. The monoisotopic (exact) mass is 219 g/mol. The van der Waals surface area contributed by atoms with E-state index < -0.39 is 0 Å². The summed E-state index contributed by atoms with van der Waals surface area (Å²) >= 11 is 0. The summed E-state index contributed by atoms with van der Waals surface area (Å²) in [6.07, 6.45) is 7.35. The second kappa shape index (κ2) is 4.94. The maximum absolute atomic E-state index is 4.22. The molecule has 5 heteroatoms. The van der Waals surface area contributed by atoms with Crippen molar-refractivity contribution in [3.63, 3.8) is 0 Å². The average Bonchev–Trinajstić information content (AvgIpc) is 2.96. The fraction of sp³-hybridized carbons (Fsp3) is 0.455. The van der Waals surface area contributed by atoms with Crippen LogP contribution in [-0.4, -0.2) is 19.5 Å². The van der Waals surface area contributed by atoms with Crippen molar-refractivity contribution in [2.45, 2.75) is 33.0 Å². The first kappa shape index (κ1) is 10.9. The van der Waals surface area contributed by atoms with Crippen LogP contribution in [0.15, 0.2) is 24.9 Å². The lowest BCUT2D eigenvalue weighted by molar-refractivity contribution is 0.531. The zero-order chi connectivity index (χ0) is 11.4. The molecule has 0 saturated heterocycles. The summed E-state index contributed by atoms with van der Waals surface area (Å²) in [6, 6.07) is 0.218. The van der Waals surface area contributed by atoms with Crippen LogP contribution in [0.3, 0.4) is 0 Å².